The van der Waals surface area contributed by atoms with Crippen LogP contribution < -0.4 is 10.2 Å². The van der Waals surface area contributed by atoms with Crippen LogP contribution in [0.15, 0.2) is 30.3 Å². The summed E-state index contributed by atoms with van der Waals surface area (Å²) in [6.45, 7) is 8.36. The minimum absolute atomic E-state index is 0.134. The molecule has 0 spiro atoms. The van der Waals surface area contributed by atoms with Gasteiger partial charge >= 0.3 is 5.97 Å². The van der Waals surface area contributed by atoms with Gasteiger partial charge in [-0.05, 0) is 82.3 Å². The van der Waals surface area contributed by atoms with Crippen LogP contribution in [0.3, 0.4) is 0 Å². The van der Waals surface area contributed by atoms with Crippen LogP contribution in [0, 0.1) is 22.9 Å². The molecule has 1 aliphatic rings. The van der Waals surface area contributed by atoms with Gasteiger partial charge in [-0.15, -0.1) is 0 Å². The summed E-state index contributed by atoms with van der Waals surface area (Å²) in [6, 6.07) is 6.65. The van der Waals surface area contributed by atoms with Gasteiger partial charge in [0.2, 0.25) is 0 Å². The Labute approximate surface area is 198 Å². The summed E-state index contributed by atoms with van der Waals surface area (Å²) in [5.74, 6) is -1.71. The fourth-order valence-electron chi connectivity index (χ4n) is 4.01. The van der Waals surface area contributed by atoms with E-state index in [-0.39, 0.29) is 28.9 Å². The summed E-state index contributed by atoms with van der Waals surface area (Å²) in [6.07, 6.45) is 2.78. The number of piperidine rings is 1. The van der Waals surface area contributed by atoms with E-state index in [2.05, 4.69) is 5.32 Å². The Balaban J connectivity index is 1.89. The average Bonchev–Trinajstić information content (AvgIpc) is 2.74. The Hall–Kier alpha value is -3.49. The number of hydrogen-bond donors (Lipinski definition) is 1. The molecule has 1 N–H and O–H groups in total. The monoisotopic (exact) mass is 471 g/mol. The van der Waals surface area contributed by atoms with Crippen LogP contribution in [-0.4, -0.2) is 35.5 Å². The van der Waals surface area contributed by atoms with Crippen LogP contribution in [0.25, 0.3) is 0 Å². The third-order valence-electron chi connectivity index (χ3n) is 5.53. The molecule has 3 rings (SSSR count). The number of rotatable bonds is 6. The molecule has 0 aromatic heterocycles. The van der Waals surface area contributed by atoms with Crippen LogP contribution >= 0.6 is 0 Å². The van der Waals surface area contributed by atoms with Gasteiger partial charge in [0.25, 0.3) is 11.6 Å². The van der Waals surface area contributed by atoms with Crippen LogP contribution in [0.5, 0.6) is 0 Å². The molecule has 8 nitrogen and oxygen atoms in total. The lowest BCUT2D eigenvalue weighted by atomic mass is 10.0. The largest absolute Gasteiger partial charge is 0.460 e. The molecule has 1 aliphatic heterocycles. The summed E-state index contributed by atoms with van der Waals surface area (Å²) in [4.78, 5) is 38.7. The van der Waals surface area contributed by atoms with E-state index in [4.69, 9.17) is 4.74 Å². The molecular formula is C25H30FN3O5. The highest BCUT2D eigenvalue weighted by Gasteiger charge is 2.26. The number of amides is 1. The first-order valence-electron chi connectivity index (χ1n) is 11.3. The number of ether oxygens (including phenoxy) is 1. The van der Waals surface area contributed by atoms with Gasteiger partial charge in [-0.25, -0.2) is 4.39 Å². The maximum absolute atomic E-state index is 13.9. The predicted octanol–water partition coefficient (Wildman–Crippen LogP) is 5.17. The molecule has 9 heteroatoms. The maximum Gasteiger partial charge on any atom is 0.310 e. The Bertz CT molecular complexity index is 1100. The standard InChI is InChI=1S/C25H30FN3O5/c1-16-12-21(28-10-6-5-7-11-28)22(29(32)33)15-19(16)24(31)27-20-9-8-18(26)13-17(20)14-23(30)34-25(2,3)4/h8-9,12-13,15H,5-7,10-11,14H2,1-4H3,(H,27,31). The van der Waals surface area contributed by atoms with E-state index in [0.29, 0.717) is 11.3 Å². The van der Waals surface area contributed by atoms with Crippen molar-refractivity contribution >= 4 is 28.9 Å². The van der Waals surface area contributed by atoms with Crippen molar-refractivity contribution in [2.24, 2.45) is 0 Å². The van der Waals surface area contributed by atoms with Crippen LogP contribution in [0.2, 0.25) is 0 Å². The Morgan fingerprint density at radius 1 is 1.15 bits per heavy atom. The van der Waals surface area contributed by atoms with Gasteiger partial charge in [-0.1, -0.05) is 0 Å². The van der Waals surface area contributed by atoms with Gasteiger partial charge in [-0.2, -0.15) is 0 Å². The van der Waals surface area contributed by atoms with Crippen LogP contribution in [-0.2, 0) is 16.0 Å². The Kier molecular flexibility index (Phi) is 7.54. The van der Waals surface area contributed by atoms with E-state index in [9.17, 15) is 24.1 Å². The number of benzene rings is 2. The van der Waals surface area contributed by atoms with Gasteiger partial charge in [-0.3, -0.25) is 19.7 Å². The number of halogens is 1. The zero-order valence-electron chi connectivity index (χ0n) is 19.9. The molecule has 0 atom stereocenters. The van der Waals surface area contributed by atoms with Crippen molar-refractivity contribution in [3.63, 3.8) is 0 Å². The molecule has 2 aromatic rings. The molecule has 0 saturated carbocycles. The van der Waals surface area contributed by atoms with Crippen LogP contribution in [0.1, 0.15) is 61.5 Å². The topological polar surface area (TPSA) is 102 Å². The fraction of sp³-hybridized carbons (Fsp3) is 0.440. The maximum atomic E-state index is 13.9. The third kappa shape index (κ3) is 6.30. The zero-order chi connectivity index (χ0) is 25.0. The van der Waals surface area contributed by atoms with Gasteiger partial charge in [0.15, 0.2) is 0 Å². The minimum Gasteiger partial charge on any atom is -0.460 e. The van der Waals surface area contributed by atoms with Crippen molar-refractivity contribution in [1.82, 2.24) is 0 Å². The summed E-state index contributed by atoms with van der Waals surface area (Å²) >= 11 is 0. The number of carbonyl (C=O) groups is 2. The van der Waals surface area contributed by atoms with E-state index in [1.807, 2.05) is 4.90 Å². The molecule has 1 saturated heterocycles. The number of hydrogen-bond acceptors (Lipinski definition) is 6. The van der Waals surface area contributed by atoms with E-state index in [0.717, 1.165) is 38.4 Å². The van der Waals surface area contributed by atoms with Crippen molar-refractivity contribution < 1.29 is 23.6 Å². The second kappa shape index (κ2) is 10.2. The summed E-state index contributed by atoms with van der Waals surface area (Å²) in [5, 5.41) is 14.5. The number of carbonyl (C=O) groups excluding carboxylic acids is 2. The van der Waals surface area contributed by atoms with Gasteiger partial charge in [0.1, 0.15) is 17.1 Å². The molecule has 0 radical (unpaired) electrons. The highest BCUT2D eigenvalue weighted by atomic mass is 19.1. The van der Waals surface area contributed by atoms with E-state index >= 15 is 0 Å². The average molecular weight is 472 g/mol. The number of nitro benzene ring substituents is 1. The lowest BCUT2D eigenvalue weighted by Gasteiger charge is -2.29. The molecule has 0 aliphatic carbocycles. The first-order valence-corrected chi connectivity index (χ1v) is 11.3. The van der Waals surface area contributed by atoms with Crippen molar-refractivity contribution in [3.05, 3.63) is 63.0 Å². The molecule has 1 amide bonds. The lowest BCUT2D eigenvalue weighted by Crippen LogP contribution is -2.30. The SMILES string of the molecule is Cc1cc(N2CCCCC2)c([N+](=O)[O-])cc1C(=O)Nc1ccc(F)cc1CC(=O)OC(C)(C)C. The van der Waals surface area contributed by atoms with Crippen LogP contribution in [0.4, 0.5) is 21.5 Å². The number of nitro groups is 1. The predicted molar refractivity (Wildman–Crippen MR) is 128 cm³/mol. The highest BCUT2D eigenvalue weighted by molar-refractivity contribution is 6.06. The Morgan fingerprint density at radius 2 is 1.82 bits per heavy atom. The first kappa shape index (κ1) is 25.1. The number of nitrogens with zero attached hydrogens (tertiary/aromatic N) is 2. The lowest BCUT2D eigenvalue weighted by molar-refractivity contribution is -0.384. The normalized spacial score (nSPS) is 14.0. The van der Waals surface area contributed by atoms with Crippen molar-refractivity contribution in [2.45, 2.75) is 59.0 Å². The number of anilines is 2. The van der Waals surface area contributed by atoms with Gasteiger partial charge in [0.05, 0.1) is 11.3 Å². The molecule has 1 fully saturated rings. The smallest absolute Gasteiger partial charge is 0.310 e. The van der Waals surface area contributed by atoms with Gasteiger partial charge in [0, 0.05) is 30.4 Å². The molecule has 0 unspecified atom stereocenters. The molecule has 34 heavy (non-hydrogen) atoms. The highest BCUT2D eigenvalue weighted by Crippen LogP contribution is 2.34. The van der Waals surface area contributed by atoms with Crippen molar-refractivity contribution in [1.29, 1.82) is 0 Å². The van der Waals surface area contributed by atoms with Gasteiger partial charge < -0.3 is 15.0 Å². The van der Waals surface area contributed by atoms with E-state index in [1.54, 1.807) is 33.8 Å². The number of aryl methyl sites for hydroxylation is 1. The third-order valence-corrected chi connectivity index (χ3v) is 5.53. The molecule has 2 aromatic carbocycles. The quantitative estimate of drug-likeness (QED) is 0.354. The molecule has 1 heterocycles. The minimum atomic E-state index is -0.708. The summed E-state index contributed by atoms with van der Waals surface area (Å²) in [5.41, 5.74) is 0.871. The second-order valence-corrected chi connectivity index (χ2v) is 9.48. The zero-order valence-corrected chi connectivity index (χ0v) is 19.9. The first-order chi connectivity index (χ1) is 15.9. The summed E-state index contributed by atoms with van der Waals surface area (Å²) in [7, 11) is 0. The van der Waals surface area contributed by atoms with E-state index in [1.165, 1.54) is 18.2 Å². The van der Waals surface area contributed by atoms with Crippen molar-refractivity contribution in [3.8, 4) is 0 Å². The van der Waals surface area contributed by atoms with E-state index < -0.39 is 28.2 Å². The Morgan fingerprint density at radius 3 is 2.44 bits per heavy atom. The fourth-order valence-corrected chi connectivity index (χ4v) is 4.01. The summed E-state index contributed by atoms with van der Waals surface area (Å²) < 4.78 is 19.2. The molecular weight excluding hydrogens is 441 g/mol. The molecule has 0 bridgehead atoms. The second-order valence-electron chi connectivity index (χ2n) is 9.48. The number of esters is 1. The van der Waals surface area contributed by atoms with Crippen molar-refractivity contribution in [2.75, 3.05) is 23.3 Å². The molecule has 182 valence electrons. The number of nitrogens with one attached hydrogen (secondary N) is 1.